The summed E-state index contributed by atoms with van der Waals surface area (Å²) in [5.41, 5.74) is 2.38. The quantitative estimate of drug-likeness (QED) is 0.854. The van der Waals surface area contributed by atoms with Crippen LogP contribution < -0.4 is 5.32 Å². The van der Waals surface area contributed by atoms with Crippen LogP contribution in [0.1, 0.15) is 42.0 Å². The van der Waals surface area contributed by atoms with Crippen molar-refractivity contribution in [2.75, 3.05) is 6.54 Å². The van der Waals surface area contributed by atoms with Crippen molar-refractivity contribution in [3.05, 3.63) is 41.3 Å². The molecule has 2 N–H and O–H groups in total. The number of carbonyl (C=O) groups excluding carboxylic acids is 1. The third kappa shape index (κ3) is 4.16. The minimum atomic E-state index is -0.536. The van der Waals surface area contributed by atoms with Gasteiger partial charge in [-0.1, -0.05) is 20.3 Å². The molecular weight excluding hydrogens is 292 g/mol. The molecule has 0 aliphatic heterocycles. The summed E-state index contributed by atoms with van der Waals surface area (Å²) in [4.78, 5) is 16.4. The molecule has 124 valence electrons. The zero-order valence-corrected chi connectivity index (χ0v) is 14.1. The highest BCUT2D eigenvalue weighted by Crippen LogP contribution is 2.11. The molecular formula is C17H24N4O2. The van der Waals surface area contributed by atoms with E-state index in [4.69, 9.17) is 0 Å². The number of aliphatic hydroxyl groups excluding tert-OH is 1. The second-order valence-electron chi connectivity index (χ2n) is 5.91. The Kier molecular flexibility index (Phi) is 5.50. The van der Waals surface area contributed by atoms with Crippen molar-refractivity contribution < 1.29 is 9.90 Å². The largest absolute Gasteiger partial charge is 0.391 e. The number of rotatable bonds is 6. The number of pyridine rings is 1. The number of carbonyl (C=O) groups is 1. The van der Waals surface area contributed by atoms with Crippen molar-refractivity contribution in [1.29, 1.82) is 0 Å². The number of hydrogen-bond donors (Lipinski definition) is 2. The Morgan fingerprint density at radius 1 is 1.39 bits per heavy atom. The highest BCUT2D eigenvalue weighted by atomic mass is 16.3. The molecule has 2 rings (SSSR count). The van der Waals surface area contributed by atoms with Gasteiger partial charge in [-0.2, -0.15) is 5.10 Å². The molecule has 2 aromatic heterocycles. The van der Waals surface area contributed by atoms with Gasteiger partial charge in [0.25, 0.3) is 5.91 Å². The monoisotopic (exact) mass is 316 g/mol. The fraction of sp³-hybridized carbons (Fsp3) is 0.471. The van der Waals surface area contributed by atoms with Gasteiger partial charge >= 0.3 is 0 Å². The molecule has 23 heavy (non-hydrogen) atoms. The number of nitrogens with zero attached hydrogens (tertiary/aromatic N) is 3. The van der Waals surface area contributed by atoms with Crippen molar-refractivity contribution in [2.45, 2.75) is 40.2 Å². The summed E-state index contributed by atoms with van der Waals surface area (Å²) in [6.45, 7) is 8.10. The number of aryl methyl sites for hydroxylation is 2. The Bertz CT molecular complexity index is 664. The van der Waals surface area contributed by atoms with Gasteiger partial charge in [0.2, 0.25) is 0 Å². The molecule has 2 heterocycles. The lowest BCUT2D eigenvalue weighted by atomic mass is 10.0. The molecule has 6 nitrogen and oxygen atoms in total. The van der Waals surface area contributed by atoms with Crippen LogP contribution in [-0.2, 0) is 0 Å². The maximum atomic E-state index is 12.1. The average molecular weight is 316 g/mol. The molecule has 0 aromatic carbocycles. The van der Waals surface area contributed by atoms with Gasteiger partial charge in [0.05, 0.1) is 17.4 Å². The van der Waals surface area contributed by atoms with Gasteiger partial charge in [-0.3, -0.25) is 4.79 Å². The molecule has 0 aliphatic rings. The SMILES string of the molecule is CCC(C)C(O)CNC(=O)c1ccc(-n2nc(C)cc2C)nc1. The molecule has 2 atom stereocenters. The van der Waals surface area contributed by atoms with Crippen LogP contribution in [0.5, 0.6) is 0 Å². The van der Waals surface area contributed by atoms with Crippen LogP contribution in [-0.4, -0.2) is 38.4 Å². The van der Waals surface area contributed by atoms with Crippen molar-refractivity contribution in [3.63, 3.8) is 0 Å². The summed E-state index contributed by atoms with van der Waals surface area (Å²) in [6.07, 6.45) is 1.86. The van der Waals surface area contributed by atoms with E-state index in [1.54, 1.807) is 16.8 Å². The minimum absolute atomic E-state index is 0.154. The van der Waals surface area contributed by atoms with Crippen LogP contribution in [0.15, 0.2) is 24.4 Å². The third-order valence-electron chi connectivity index (χ3n) is 4.01. The molecule has 2 unspecified atom stereocenters. The van der Waals surface area contributed by atoms with Gasteiger partial charge in [0, 0.05) is 18.4 Å². The van der Waals surface area contributed by atoms with Crippen LogP contribution in [0.2, 0.25) is 0 Å². The van der Waals surface area contributed by atoms with Gasteiger partial charge in [0.1, 0.15) is 0 Å². The smallest absolute Gasteiger partial charge is 0.252 e. The fourth-order valence-corrected chi connectivity index (χ4v) is 2.28. The van der Waals surface area contributed by atoms with E-state index >= 15 is 0 Å². The summed E-state index contributed by atoms with van der Waals surface area (Å²) < 4.78 is 1.74. The Hall–Kier alpha value is -2.21. The maximum Gasteiger partial charge on any atom is 0.252 e. The number of aliphatic hydroxyl groups is 1. The molecule has 6 heteroatoms. The molecule has 0 radical (unpaired) electrons. The van der Waals surface area contributed by atoms with E-state index < -0.39 is 6.10 Å². The van der Waals surface area contributed by atoms with Gasteiger partial charge in [0.15, 0.2) is 5.82 Å². The molecule has 1 amide bonds. The summed E-state index contributed by atoms with van der Waals surface area (Å²) in [7, 11) is 0. The molecule has 0 fully saturated rings. The van der Waals surface area contributed by atoms with Gasteiger partial charge < -0.3 is 10.4 Å². The van der Waals surface area contributed by atoms with Gasteiger partial charge in [-0.15, -0.1) is 0 Å². The van der Waals surface area contributed by atoms with Crippen molar-refractivity contribution >= 4 is 5.91 Å². The number of amides is 1. The summed E-state index contributed by atoms with van der Waals surface area (Å²) in [6, 6.07) is 5.45. The standard InChI is InChI=1S/C17H24N4O2/c1-5-11(2)15(22)10-19-17(23)14-6-7-16(18-9-14)21-13(4)8-12(3)20-21/h6-9,11,15,22H,5,10H2,1-4H3,(H,19,23). The van der Waals surface area contributed by atoms with Crippen LogP contribution in [0.4, 0.5) is 0 Å². The first-order valence-electron chi connectivity index (χ1n) is 7.88. The summed E-state index contributed by atoms with van der Waals surface area (Å²) >= 11 is 0. The summed E-state index contributed by atoms with van der Waals surface area (Å²) in [5, 5.41) is 17.0. The third-order valence-corrected chi connectivity index (χ3v) is 4.01. The number of aromatic nitrogens is 3. The lowest BCUT2D eigenvalue weighted by Gasteiger charge is -2.17. The zero-order chi connectivity index (χ0) is 17.0. The average Bonchev–Trinajstić information content (AvgIpc) is 2.90. The van der Waals surface area contributed by atoms with Crippen molar-refractivity contribution in [3.8, 4) is 5.82 Å². The lowest BCUT2D eigenvalue weighted by Crippen LogP contribution is -2.35. The van der Waals surface area contributed by atoms with Crippen molar-refractivity contribution in [2.24, 2.45) is 5.92 Å². The van der Waals surface area contributed by atoms with E-state index in [0.29, 0.717) is 11.4 Å². The summed E-state index contributed by atoms with van der Waals surface area (Å²) in [5.74, 6) is 0.591. The molecule has 0 saturated heterocycles. The predicted molar refractivity (Wildman–Crippen MR) is 88.6 cm³/mol. The Morgan fingerprint density at radius 2 is 2.13 bits per heavy atom. The first kappa shape index (κ1) is 17.1. The molecule has 0 saturated carbocycles. The van der Waals surface area contributed by atoms with Crippen LogP contribution in [0.25, 0.3) is 5.82 Å². The lowest BCUT2D eigenvalue weighted by molar-refractivity contribution is 0.0850. The van der Waals surface area contributed by atoms with Crippen LogP contribution in [0.3, 0.4) is 0 Å². The molecule has 0 spiro atoms. The second-order valence-corrected chi connectivity index (χ2v) is 5.91. The zero-order valence-electron chi connectivity index (χ0n) is 14.1. The number of hydrogen-bond acceptors (Lipinski definition) is 4. The first-order chi connectivity index (χ1) is 10.9. The Labute approximate surface area is 136 Å². The van der Waals surface area contributed by atoms with Gasteiger partial charge in [-0.25, -0.2) is 9.67 Å². The van der Waals surface area contributed by atoms with Crippen LogP contribution in [0, 0.1) is 19.8 Å². The topological polar surface area (TPSA) is 80.0 Å². The minimum Gasteiger partial charge on any atom is -0.391 e. The van der Waals surface area contributed by atoms with Crippen molar-refractivity contribution in [1.82, 2.24) is 20.1 Å². The van der Waals surface area contributed by atoms with E-state index in [0.717, 1.165) is 17.8 Å². The van der Waals surface area contributed by atoms with E-state index in [2.05, 4.69) is 15.4 Å². The Morgan fingerprint density at radius 3 is 2.65 bits per heavy atom. The highest BCUT2D eigenvalue weighted by Gasteiger charge is 2.14. The van der Waals surface area contributed by atoms with E-state index in [1.807, 2.05) is 33.8 Å². The van der Waals surface area contributed by atoms with E-state index in [1.165, 1.54) is 6.20 Å². The second kappa shape index (κ2) is 7.37. The van der Waals surface area contributed by atoms with Crippen LogP contribution >= 0.6 is 0 Å². The van der Waals surface area contributed by atoms with E-state index in [9.17, 15) is 9.90 Å². The van der Waals surface area contributed by atoms with E-state index in [-0.39, 0.29) is 18.4 Å². The Balaban J connectivity index is 2.02. The highest BCUT2D eigenvalue weighted by molar-refractivity contribution is 5.93. The number of nitrogens with one attached hydrogen (secondary N) is 1. The molecule has 0 aliphatic carbocycles. The first-order valence-corrected chi connectivity index (χ1v) is 7.88. The molecule has 0 bridgehead atoms. The normalized spacial score (nSPS) is 13.6. The molecule has 2 aromatic rings. The fourth-order valence-electron chi connectivity index (χ4n) is 2.28. The predicted octanol–water partition coefficient (Wildman–Crippen LogP) is 2.02. The maximum absolute atomic E-state index is 12.1. The van der Waals surface area contributed by atoms with Gasteiger partial charge in [-0.05, 0) is 38.0 Å².